The molecule has 2 fully saturated rings. The minimum absolute atomic E-state index is 0.122. The molecule has 1 amide bonds. The zero-order chi connectivity index (χ0) is 24.5. The number of nitrogens with zero attached hydrogens (tertiary/aromatic N) is 5. The molecule has 1 aromatic heterocycles. The third-order valence-corrected chi connectivity index (χ3v) is 8.13. The Hall–Kier alpha value is -2.75. The zero-order valence-electron chi connectivity index (χ0n) is 21.2. The van der Waals surface area contributed by atoms with Crippen molar-refractivity contribution in [3.8, 4) is 0 Å². The number of aromatic nitrogens is 1. The second-order valence-corrected chi connectivity index (χ2v) is 10.3. The van der Waals surface area contributed by atoms with E-state index in [1.807, 2.05) is 36.9 Å². The molecule has 2 aliphatic rings. The van der Waals surface area contributed by atoms with Crippen molar-refractivity contribution in [2.75, 3.05) is 32.7 Å². The summed E-state index contributed by atoms with van der Waals surface area (Å²) >= 11 is 0. The summed E-state index contributed by atoms with van der Waals surface area (Å²) in [5.74, 6) is 0.126. The molecule has 34 heavy (non-hydrogen) atoms. The van der Waals surface area contributed by atoms with E-state index in [-0.39, 0.29) is 11.4 Å². The molecule has 0 radical (unpaired) electrons. The highest BCUT2D eigenvalue weighted by Gasteiger charge is 2.40. The van der Waals surface area contributed by atoms with Gasteiger partial charge in [-0.3, -0.25) is 19.6 Å². The van der Waals surface area contributed by atoms with Gasteiger partial charge in [-0.2, -0.15) is 0 Å². The fraction of sp³-hybridized carbons (Fsp3) is 0.536. The van der Waals surface area contributed by atoms with E-state index in [9.17, 15) is 4.79 Å². The van der Waals surface area contributed by atoms with Gasteiger partial charge in [-0.25, -0.2) is 4.85 Å². The van der Waals surface area contributed by atoms with Crippen LogP contribution in [-0.4, -0.2) is 69.9 Å². The van der Waals surface area contributed by atoms with Crippen molar-refractivity contribution in [2.45, 2.75) is 65.1 Å². The van der Waals surface area contributed by atoms with E-state index in [0.717, 1.165) is 62.4 Å². The molecule has 0 bridgehead atoms. The summed E-state index contributed by atoms with van der Waals surface area (Å²) in [5.41, 5.74) is 4.69. The number of carbonyl (C=O) groups excluding carboxylic acids is 1. The van der Waals surface area contributed by atoms with Gasteiger partial charge in [0.2, 0.25) is 0 Å². The number of pyridine rings is 1. The van der Waals surface area contributed by atoms with Crippen molar-refractivity contribution in [3.63, 3.8) is 0 Å². The molecule has 6 heteroatoms. The van der Waals surface area contributed by atoms with Gasteiger partial charge in [-0.05, 0) is 64.7 Å². The smallest absolute Gasteiger partial charge is 0.255 e. The number of piperazine rings is 1. The van der Waals surface area contributed by atoms with Gasteiger partial charge in [-0.15, -0.1) is 0 Å². The Morgan fingerprint density at radius 3 is 2.38 bits per heavy atom. The predicted octanol–water partition coefficient (Wildman–Crippen LogP) is 5.01. The third-order valence-electron chi connectivity index (χ3n) is 8.13. The summed E-state index contributed by atoms with van der Waals surface area (Å²) in [6, 6.07) is 10.7. The van der Waals surface area contributed by atoms with Gasteiger partial charge in [0.25, 0.3) is 5.91 Å². The zero-order valence-corrected chi connectivity index (χ0v) is 21.2. The van der Waals surface area contributed by atoms with Gasteiger partial charge in [-0.1, -0.05) is 24.3 Å². The van der Waals surface area contributed by atoms with Crippen molar-refractivity contribution < 1.29 is 4.79 Å². The lowest BCUT2D eigenvalue weighted by Gasteiger charge is -2.52. The Morgan fingerprint density at radius 1 is 1.12 bits per heavy atom. The summed E-state index contributed by atoms with van der Waals surface area (Å²) in [6.07, 6.45) is 3.77. The Morgan fingerprint density at radius 2 is 1.79 bits per heavy atom. The lowest BCUT2D eigenvalue weighted by Crippen LogP contribution is -2.62. The number of likely N-dealkylation sites (tertiary alicyclic amines) is 1. The monoisotopic (exact) mass is 459 g/mol. The first-order valence-corrected chi connectivity index (χ1v) is 12.4. The molecule has 2 saturated heterocycles. The van der Waals surface area contributed by atoms with Crippen LogP contribution in [0.15, 0.2) is 36.5 Å². The summed E-state index contributed by atoms with van der Waals surface area (Å²) in [6.45, 7) is 22.8. The molecule has 2 atom stereocenters. The Balaban J connectivity index is 1.37. The molecule has 180 valence electrons. The first-order chi connectivity index (χ1) is 16.2. The van der Waals surface area contributed by atoms with Crippen LogP contribution in [0.3, 0.4) is 0 Å². The molecule has 6 nitrogen and oxygen atoms in total. The van der Waals surface area contributed by atoms with Crippen LogP contribution >= 0.6 is 0 Å². The maximum absolute atomic E-state index is 13.2. The number of benzene rings is 1. The molecule has 0 spiro atoms. The van der Waals surface area contributed by atoms with Crippen LogP contribution < -0.4 is 0 Å². The molecule has 2 aliphatic heterocycles. The first kappa shape index (κ1) is 24.4. The average molecular weight is 460 g/mol. The molecule has 3 heterocycles. The number of piperidine rings is 1. The van der Waals surface area contributed by atoms with E-state index in [1.54, 1.807) is 6.20 Å². The fourth-order valence-electron chi connectivity index (χ4n) is 5.74. The van der Waals surface area contributed by atoms with Gasteiger partial charge in [0.15, 0.2) is 5.69 Å². The topological polar surface area (TPSA) is 44.0 Å². The second kappa shape index (κ2) is 9.85. The van der Waals surface area contributed by atoms with Crippen LogP contribution in [0, 0.1) is 20.4 Å². The largest absolute Gasteiger partial charge is 0.338 e. The second-order valence-electron chi connectivity index (χ2n) is 10.3. The van der Waals surface area contributed by atoms with Gasteiger partial charge < -0.3 is 4.90 Å². The average Bonchev–Trinajstić information content (AvgIpc) is 2.84. The van der Waals surface area contributed by atoms with Crippen molar-refractivity contribution in [3.05, 3.63) is 70.3 Å². The Kier molecular flexibility index (Phi) is 7.06. The normalized spacial score (nSPS) is 22.2. The van der Waals surface area contributed by atoms with E-state index in [0.29, 0.717) is 17.8 Å². The summed E-state index contributed by atoms with van der Waals surface area (Å²) in [7, 11) is 0. The number of carbonyl (C=O) groups is 1. The molecule has 0 N–H and O–H groups in total. The molecule has 2 unspecified atom stereocenters. The van der Waals surface area contributed by atoms with Crippen LogP contribution in [0.4, 0.5) is 5.69 Å². The van der Waals surface area contributed by atoms with Gasteiger partial charge in [0.05, 0.1) is 17.8 Å². The Labute approximate surface area is 204 Å². The van der Waals surface area contributed by atoms with Crippen molar-refractivity contribution >= 4 is 11.6 Å². The molecular formula is C28H37N5O. The maximum Gasteiger partial charge on any atom is 0.255 e. The van der Waals surface area contributed by atoms with Gasteiger partial charge in [0, 0.05) is 56.5 Å². The maximum atomic E-state index is 13.2. The number of hydrogen-bond donors (Lipinski definition) is 0. The minimum Gasteiger partial charge on any atom is -0.338 e. The van der Waals surface area contributed by atoms with E-state index in [4.69, 9.17) is 6.57 Å². The van der Waals surface area contributed by atoms with E-state index < -0.39 is 0 Å². The molecule has 1 aromatic carbocycles. The summed E-state index contributed by atoms with van der Waals surface area (Å²) in [4.78, 5) is 28.3. The van der Waals surface area contributed by atoms with Crippen LogP contribution in [-0.2, 0) is 0 Å². The Bertz CT molecular complexity index is 1040. The van der Waals surface area contributed by atoms with E-state index >= 15 is 0 Å². The lowest BCUT2D eigenvalue weighted by molar-refractivity contribution is -0.0278. The molecule has 0 saturated carbocycles. The van der Waals surface area contributed by atoms with Crippen molar-refractivity contribution in [1.29, 1.82) is 0 Å². The number of hydrogen-bond acceptors (Lipinski definition) is 4. The van der Waals surface area contributed by atoms with E-state index in [2.05, 4.69) is 52.5 Å². The predicted molar refractivity (Wildman–Crippen MR) is 136 cm³/mol. The standard InChI is InChI=1S/C28H37N5O/c1-20-11-14-30-22(3)26(20)27(34)31-15-12-28(5,13-16-31)32-17-18-33(21(2)19-32)23(4)24-7-9-25(29-6)10-8-24/h7-11,14,21,23H,12-13,15-19H2,1-5H3. The van der Waals surface area contributed by atoms with Gasteiger partial charge in [0.1, 0.15) is 0 Å². The molecular weight excluding hydrogens is 422 g/mol. The molecule has 4 rings (SSSR count). The summed E-state index contributed by atoms with van der Waals surface area (Å²) < 4.78 is 0. The van der Waals surface area contributed by atoms with Crippen LogP contribution in [0.25, 0.3) is 4.85 Å². The first-order valence-electron chi connectivity index (χ1n) is 12.4. The highest BCUT2D eigenvalue weighted by molar-refractivity contribution is 5.96. The van der Waals surface area contributed by atoms with Gasteiger partial charge >= 0.3 is 0 Å². The van der Waals surface area contributed by atoms with Crippen LogP contribution in [0.1, 0.15) is 66.8 Å². The number of amides is 1. The number of rotatable bonds is 4. The van der Waals surface area contributed by atoms with Crippen LogP contribution in [0.5, 0.6) is 0 Å². The highest BCUT2D eigenvalue weighted by atomic mass is 16.2. The third kappa shape index (κ3) is 4.73. The number of aryl methyl sites for hydroxylation is 2. The molecule has 2 aromatic rings. The summed E-state index contributed by atoms with van der Waals surface area (Å²) in [5, 5.41) is 0. The fourth-order valence-corrected chi connectivity index (χ4v) is 5.74. The van der Waals surface area contributed by atoms with Crippen molar-refractivity contribution in [2.24, 2.45) is 0 Å². The van der Waals surface area contributed by atoms with Crippen LogP contribution in [0.2, 0.25) is 0 Å². The SMILES string of the molecule is [C-]#[N+]c1ccc(C(C)N2CCN(C3(C)CCN(C(=O)c4c(C)ccnc4C)CC3)CC2C)cc1. The quantitative estimate of drug-likeness (QED) is 0.603. The van der Waals surface area contributed by atoms with E-state index in [1.165, 1.54) is 5.56 Å². The lowest BCUT2D eigenvalue weighted by atomic mass is 9.86. The highest BCUT2D eigenvalue weighted by Crippen LogP contribution is 2.34. The molecule has 0 aliphatic carbocycles. The van der Waals surface area contributed by atoms with Crippen molar-refractivity contribution in [1.82, 2.24) is 19.7 Å². The minimum atomic E-state index is 0.122.